The second-order valence-corrected chi connectivity index (χ2v) is 5.05. The largest absolute Gasteiger partial charge is 0.330 e. The number of rotatable bonds is 4. The number of nitrogens with zero attached hydrogens (tertiary/aromatic N) is 2. The van der Waals surface area contributed by atoms with E-state index < -0.39 is 0 Å². The maximum absolute atomic E-state index is 6.00. The molecule has 2 rings (SSSR count). The lowest BCUT2D eigenvalue weighted by molar-refractivity contribution is 0.288. The average molecular weight is 264 g/mol. The van der Waals surface area contributed by atoms with Crippen molar-refractivity contribution in [2.45, 2.75) is 12.5 Å². The van der Waals surface area contributed by atoms with E-state index in [0.29, 0.717) is 17.6 Å². The van der Waals surface area contributed by atoms with E-state index in [4.69, 9.17) is 17.3 Å². The normalized spacial score (nSPS) is 13.2. The van der Waals surface area contributed by atoms with Gasteiger partial charge in [0.2, 0.25) is 0 Å². The quantitative estimate of drug-likeness (QED) is 0.922. The van der Waals surface area contributed by atoms with Crippen molar-refractivity contribution in [1.29, 1.82) is 0 Å². The summed E-state index contributed by atoms with van der Waals surface area (Å²) in [4.78, 5) is 6.56. The van der Waals surface area contributed by atoms with Crippen molar-refractivity contribution in [1.82, 2.24) is 9.88 Å². The molecule has 0 aliphatic carbocycles. The van der Waals surface area contributed by atoms with Gasteiger partial charge in [-0.2, -0.15) is 0 Å². The Labute approximate surface area is 113 Å². The third kappa shape index (κ3) is 2.64. The third-order valence-corrected chi connectivity index (χ3v) is 3.40. The van der Waals surface area contributed by atoms with Crippen molar-refractivity contribution in [3.63, 3.8) is 0 Å². The zero-order chi connectivity index (χ0) is 13.1. The van der Waals surface area contributed by atoms with Gasteiger partial charge in [-0.1, -0.05) is 17.7 Å². The van der Waals surface area contributed by atoms with E-state index in [0.717, 1.165) is 17.3 Å². The van der Waals surface area contributed by atoms with Crippen LogP contribution in [0.15, 0.2) is 30.5 Å². The number of hydrogen-bond donors (Lipinski definition) is 1. The van der Waals surface area contributed by atoms with Gasteiger partial charge in [-0.3, -0.25) is 4.98 Å². The summed E-state index contributed by atoms with van der Waals surface area (Å²) in [5.74, 6) is 0. The molecule has 0 fully saturated rings. The molecule has 1 heterocycles. The molecule has 18 heavy (non-hydrogen) atoms. The SMILES string of the molecule is CN(C)C(CCN)c1ccnc2cc(Cl)ccc12. The molecule has 0 bridgehead atoms. The molecule has 1 aromatic carbocycles. The molecule has 3 nitrogen and oxygen atoms in total. The molecule has 0 spiro atoms. The maximum atomic E-state index is 6.00. The summed E-state index contributed by atoms with van der Waals surface area (Å²) >= 11 is 6.00. The van der Waals surface area contributed by atoms with Gasteiger partial charge >= 0.3 is 0 Å². The van der Waals surface area contributed by atoms with E-state index in [-0.39, 0.29) is 0 Å². The monoisotopic (exact) mass is 263 g/mol. The molecule has 0 aliphatic rings. The maximum Gasteiger partial charge on any atom is 0.0720 e. The molecule has 1 aromatic heterocycles. The van der Waals surface area contributed by atoms with Crippen molar-refractivity contribution < 1.29 is 0 Å². The molecule has 2 N–H and O–H groups in total. The lowest BCUT2D eigenvalue weighted by Crippen LogP contribution is -2.23. The fourth-order valence-corrected chi connectivity index (χ4v) is 2.45. The van der Waals surface area contributed by atoms with Gasteiger partial charge in [0.05, 0.1) is 5.52 Å². The number of hydrogen-bond acceptors (Lipinski definition) is 3. The Morgan fingerprint density at radius 2 is 2.11 bits per heavy atom. The Balaban J connectivity index is 2.55. The number of nitrogens with two attached hydrogens (primary N) is 1. The van der Waals surface area contributed by atoms with Crippen LogP contribution in [0, 0.1) is 0 Å². The van der Waals surface area contributed by atoms with Crippen LogP contribution in [0.5, 0.6) is 0 Å². The molecule has 4 heteroatoms. The highest BCUT2D eigenvalue weighted by Gasteiger charge is 2.16. The van der Waals surface area contributed by atoms with Gasteiger partial charge in [-0.15, -0.1) is 0 Å². The average Bonchev–Trinajstić information content (AvgIpc) is 2.34. The molecule has 0 aliphatic heterocycles. The summed E-state index contributed by atoms with van der Waals surface area (Å²) in [5.41, 5.74) is 7.90. The molecule has 1 unspecified atom stereocenters. The summed E-state index contributed by atoms with van der Waals surface area (Å²) in [6, 6.07) is 8.21. The van der Waals surface area contributed by atoms with Gasteiger partial charge in [-0.05, 0) is 50.8 Å². The number of pyridine rings is 1. The molecule has 1 atom stereocenters. The predicted octanol–water partition coefficient (Wildman–Crippen LogP) is 2.84. The lowest BCUT2D eigenvalue weighted by Gasteiger charge is -2.25. The number of fused-ring (bicyclic) bond motifs is 1. The van der Waals surface area contributed by atoms with E-state index >= 15 is 0 Å². The highest BCUT2D eigenvalue weighted by Crippen LogP contribution is 2.29. The first-order valence-electron chi connectivity index (χ1n) is 6.04. The van der Waals surface area contributed by atoms with Crippen molar-refractivity contribution >= 4 is 22.5 Å². The third-order valence-electron chi connectivity index (χ3n) is 3.16. The van der Waals surface area contributed by atoms with Crippen LogP contribution in [-0.4, -0.2) is 30.5 Å². The van der Waals surface area contributed by atoms with Crippen molar-refractivity contribution in [2.24, 2.45) is 5.73 Å². The highest BCUT2D eigenvalue weighted by atomic mass is 35.5. The minimum atomic E-state index is 0.307. The summed E-state index contributed by atoms with van der Waals surface area (Å²) in [7, 11) is 4.14. The predicted molar refractivity (Wildman–Crippen MR) is 76.9 cm³/mol. The number of benzene rings is 1. The van der Waals surface area contributed by atoms with Gasteiger partial charge in [0, 0.05) is 22.6 Å². The summed E-state index contributed by atoms with van der Waals surface area (Å²) in [6.07, 6.45) is 2.76. The van der Waals surface area contributed by atoms with Gasteiger partial charge < -0.3 is 10.6 Å². The minimum absolute atomic E-state index is 0.307. The second-order valence-electron chi connectivity index (χ2n) is 4.62. The zero-order valence-electron chi connectivity index (χ0n) is 10.7. The van der Waals surface area contributed by atoms with Gasteiger partial charge in [-0.25, -0.2) is 0 Å². The summed E-state index contributed by atoms with van der Waals surface area (Å²) < 4.78 is 0. The van der Waals surface area contributed by atoms with Crippen molar-refractivity contribution in [3.05, 3.63) is 41.0 Å². The van der Waals surface area contributed by atoms with E-state index in [2.05, 4.69) is 30.0 Å². The lowest BCUT2D eigenvalue weighted by atomic mass is 9.99. The first kappa shape index (κ1) is 13.3. The molecule has 2 aromatic rings. The van der Waals surface area contributed by atoms with Crippen LogP contribution in [0.2, 0.25) is 5.02 Å². The Bertz CT molecular complexity index is 540. The molecule has 96 valence electrons. The highest BCUT2D eigenvalue weighted by molar-refractivity contribution is 6.31. The van der Waals surface area contributed by atoms with Crippen LogP contribution in [0.3, 0.4) is 0 Å². The molecular weight excluding hydrogens is 246 g/mol. The Morgan fingerprint density at radius 1 is 1.33 bits per heavy atom. The molecule has 0 radical (unpaired) electrons. The Hall–Kier alpha value is -1.16. The molecular formula is C14H18ClN3. The Morgan fingerprint density at radius 3 is 2.78 bits per heavy atom. The van der Waals surface area contributed by atoms with Crippen LogP contribution in [0.25, 0.3) is 10.9 Å². The summed E-state index contributed by atoms with van der Waals surface area (Å²) in [6.45, 7) is 0.667. The fourth-order valence-electron chi connectivity index (χ4n) is 2.28. The Kier molecular flexibility index (Phi) is 4.17. The van der Waals surface area contributed by atoms with Gasteiger partial charge in [0.15, 0.2) is 0 Å². The number of aromatic nitrogens is 1. The van der Waals surface area contributed by atoms with Crippen LogP contribution in [0.1, 0.15) is 18.0 Å². The first-order valence-corrected chi connectivity index (χ1v) is 6.42. The minimum Gasteiger partial charge on any atom is -0.330 e. The second kappa shape index (κ2) is 5.65. The smallest absolute Gasteiger partial charge is 0.0720 e. The van der Waals surface area contributed by atoms with E-state index in [1.165, 1.54) is 5.56 Å². The van der Waals surface area contributed by atoms with Gasteiger partial charge in [0.25, 0.3) is 0 Å². The molecule has 0 saturated heterocycles. The fraction of sp³-hybridized carbons (Fsp3) is 0.357. The summed E-state index contributed by atoms with van der Waals surface area (Å²) in [5, 5.41) is 1.86. The van der Waals surface area contributed by atoms with E-state index in [1.54, 1.807) is 0 Å². The van der Waals surface area contributed by atoms with Crippen LogP contribution >= 0.6 is 11.6 Å². The van der Waals surface area contributed by atoms with Crippen LogP contribution < -0.4 is 5.73 Å². The number of halogens is 1. The molecule has 0 saturated carbocycles. The van der Waals surface area contributed by atoms with E-state index in [1.807, 2.05) is 24.4 Å². The van der Waals surface area contributed by atoms with Crippen molar-refractivity contribution in [2.75, 3.05) is 20.6 Å². The standard InChI is InChI=1S/C14H18ClN3/c1-18(2)14(5-7-16)12-6-8-17-13-9-10(15)3-4-11(12)13/h3-4,6,8-9,14H,5,7,16H2,1-2H3. The molecule has 0 amide bonds. The van der Waals surface area contributed by atoms with E-state index in [9.17, 15) is 0 Å². The van der Waals surface area contributed by atoms with Crippen LogP contribution in [0.4, 0.5) is 0 Å². The van der Waals surface area contributed by atoms with Crippen LogP contribution in [-0.2, 0) is 0 Å². The van der Waals surface area contributed by atoms with Crippen molar-refractivity contribution in [3.8, 4) is 0 Å². The van der Waals surface area contributed by atoms with Gasteiger partial charge in [0.1, 0.15) is 0 Å². The first-order chi connectivity index (χ1) is 8.63. The topological polar surface area (TPSA) is 42.1 Å². The zero-order valence-corrected chi connectivity index (χ0v) is 11.5.